The highest BCUT2D eigenvalue weighted by atomic mass is 32.2. The maximum atomic E-state index is 12.1. The van der Waals surface area contributed by atoms with E-state index >= 15 is 0 Å². The molecule has 0 unspecified atom stereocenters. The molecule has 0 atom stereocenters. The number of carbonyl (C=O) groups excluding carboxylic acids is 3. The Morgan fingerprint density at radius 3 is 1.91 bits per heavy atom. The Hall–Kier alpha value is -4.74. The minimum atomic E-state index is -1.02. The molecule has 4 aromatic rings. The second kappa shape index (κ2) is 16.9. The van der Waals surface area contributed by atoms with Crippen molar-refractivity contribution < 1.29 is 43.2 Å². The molecule has 0 saturated carbocycles. The third-order valence-electron chi connectivity index (χ3n) is 6.63. The fourth-order valence-corrected chi connectivity index (χ4v) is 5.62. The molecule has 9 nitrogen and oxygen atoms in total. The Balaban J connectivity index is 0.000000205. The van der Waals surface area contributed by atoms with Gasteiger partial charge in [-0.15, -0.1) is 0 Å². The summed E-state index contributed by atoms with van der Waals surface area (Å²) < 4.78 is 20.9. The summed E-state index contributed by atoms with van der Waals surface area (Å²) in [6.45, 7) is 1.32. The smallest absolute Gasteiger partial charge is 0.339 e. The quantitative estimate of drug-likeness (QED) is 0.128. The number of thioether (sulfide) groups is 1. The van der Waals surface area contributed by atoms with Crippen LogP contribution in [0.1, 0.15) is 43.0 Å². The van der Waals surface area contributed by atoms with Crippen LogP contribution in [0, 0.1) is 0 Å². The zero-order chi connectivity index (χ0) is 32.0. The second-order valence-corrected chi connectivity index (χ2v) is 11.1. The van der Waals surface area contributed by atoms with Gasteiger partial charge in [0.25, 0.3) is 12.9 Å². The molecule has 45 heavy (non-hydrogen) atoms. The summed E-state index contributed by atoms with van der Waals surface area (Å²) in [6, 6.07) is 24.7. The zero-order valence-electron chi connectivity index (χ0n) is 24.0. The van der Waals surface area contributed by atoms with Crippen molar-refractivity contribution in [2.45, 2.75) is 26.1 Å². The van der Waals surface area contributed by atoms with E-state index in [9.17, 15) is 24.3 Å². The van der Waals surface area contributed by atoms with Crippen molar-refractivity contribution in [1.82, 2.24) is 0 Å². The molecule has 0 aliphatic carbocycles. The van der Waals surface area contributed by atoms with Crippen molar-refractivity contribution >= 4 is 48.4 Å². The van der Waals surface area contributed by atoms with E-state index in [-0.39, 0.29) is 17.3 Å². The first kappa shape index (κ1) is 33.2. The van der Waals surface area contributed by atoms with Crippen molar-refractivity contribution in [2.24, 2.45) is 0 Å². The predicted octanol–water partition coefficient (Wildman–Crippen LogP) is 6.20. The van der Waals surface area contributed by atoms with Crippen LogP contribution in [0.25, 0.3) is 0 Å². The maximum absolute atomic E-state index is 12.1. The molecule has 4 aromatic carbocycles. The molecule has 1 aliphatic heterocycles. The van der Waals surface area contributed by atoms with Gasteiger partial charge in [-0.25, -0.2) is 4.79 Å². The lowest BCUT2D eigenvalue weighted by Crippen LogP contribution is -2.11. The molecule has 1 aliphatic rings. The lowest BCUT2D eigenvalue weighted by atomic mass is 10.0. The minimum Gasteiger partial charge on any atom is -0.488 e. The average Bonchev–Trinajstić information content (AvgIpc) is 3.05. The van der Waals surface area contributed by atoms with Gasteiger partial charge in [0.05, 0.1) is 5.56 Å². The zero-order valence-corrected chi connectivity index (χ0v) is 25.8. The van der Waals surface area contributed by atoms with E-state index in [4.69, 9.17) is 18.9 Å². The number of carboxylic acid groups (broad SMARTS) is 1. The second-order valence-electron chi connectivity index (χ2n) is 9.54. The van der Waals surface area contributed by atoms with E-state index in [0.29, 0.717) is 65.8 Å². The molecular weight excluding hydrogens is 616 g/mol. The number of rotatable bonds is 13. The van der Waals surface area contributed by atoms with Crippen LogP contribution >= 0.6 is 24.4 Å². The molecule has 0 saturated heterocycles. The standard InChI is InChI=1S/C17H16O5S.C17H14O4S/c18-11-22-14-6-4-12(5-7-14)10-21-15-3-1-2-13(8-9-23)16(15)17(19)20;18-11-21-14-6-4-12(5-7-14)10-20-15-3-1-2-13-8-9-22-17(19)16(13)15/h1-7,11,23H,8-10H2,(H,19,20);1-7,11H,8-10H2. The van der Waals surface area contributed by atoms with Crippen LogP contribution in [0.2, 0.25) is 0 Å². The van der Waals surface area contributed by atoms with Crippen molar-refractivity contribution in [3.63, 3.8) is 0 Å². The number of carbonyl (C=O) groups is 4. The molecule has 0 aromatic heterocycles. The Morgan fingerprint density at radius 2 is 1.36 bits per heavy atom. The molecule has 5 rings (SSSR count). The number of fused-ring (bicyclic) bond motifs is 1. The summed E-state index contributed by atoms with van der Waals surface area (Å²) in [5, 5.41) is 9.49. The Labute approximate surface area is 269 Å². The molecular formula is C34H30O9S2. The number of hydrogen-bond acceptors (Lipinski definition) is 10. The van der Waals surface area contributed by atoms with Gasteiger partial charge in [-0.2, -0.15) is 12.6 Å². The molecule has 1 N–H and O–H groups in total. The van der Waals surface area contributed by atoms with E-state index in [1.807, 2.05) is 30.3 Å². The van der Waals surface area contributed by atoms with Crippen molar-refractivity contribution in [2.75, 3.05) is 11.5 Å². The van der Waals surface area contributed by atoms with Crippen molar-refractivity contribution in [3.05, 3.63) is 118 Å². The van der Waals surface area contributed by atoms with E-state index < -0.39 is 5.97 Å². The number of carboxylic acids is 1. The number of hydrogen-bond donors (Lipinski definition) is 2. The third-order valence-corrected chi connectivity index (χ3v) is 7.73. The Morgan fingerprint density at radius 1 is 0.800 bits per heavy atom. The molecule has 0 bridgehead atoms. The van der Waals surface area contributed by atoms with Crippen LogP contribution < -0.4 is 18.9 Å². The number of aryl methyl sites for hydroxylation is 2. The first-order chi connectivity index (χ1) is 21.9. The monoisotopic (exact) mass is 646 g/mol. The summed E-state index contributed by atoms with van der Waals surface area (Å²) >= 11 is 5.48. The van der Waals surface area contributed by atoms with Gasteiger partial charge >= 0.3 is 5.97 Å². The SMILES string of the molecule is O=COc1ccc(COc2cccc(CCS)c2C(=O)O)cc1.O=COc1ccc(COc2cccc3c2C(=O)SCC3)cc1. The lowest BCUT2D eigenvalue weighted by molar-refractivity contribution is -0.121. The fourth-order valence-electron chi connectivity index (χ4n) is 4.49. The molecule has 11 heteroatoms. The summed E-state index contributed by atoms with van der Waals surface area (Å²) in [4.78, 5) is 44.1. The summed E-state index contributed by atoms with van der Waals surface area (Å²) in [7, 11) is 0. The highest BCUT2D eigenvalue weighted by molar-refractivity contribution is 8.14. The summed E-state index contributed by atoms with van der Waals surface area (Å²) in [6.07, 6.45) is 1.44. The van der Waals surface area contributed by atoms with E-state index in [1.54, 1.807) is 54.6 Å². The molecule has 0 radical (unpaired) electrons. The molecule has 0 spiro atoms. The van der Waals surface area contributed by atoms with Gasteiger partial charge in [-0.05, 0) is 77.2 Å². The number of ether oxygens (including phenoxy) is 4. The van der Waals surface area contributed by atoms with Gasteiger partial charge in [0, 0.05) is 5.75 Å². The van der Waals surface area contributed by atoms with Gasteiger partial charge in [0.2, 0.25) is 5.12 Å². The van der Waals surface area contributed by atoms with Crippen LogP contribution in [-0.4, -0.2) is 40.6 Å². The Bertz CT molecular complexity index is 1620. The number of aromatic carboxylic acids is 1. The molecule has 0 amide bonds. The largest absolute Gasteiger partial charge is 0.488 e. The molecule has 1 heterocycles. The molecule has 232 valence electrons. The summed E-state index contributed by atoms with van der Waals surface area (Å²) in [5.74, 6) is 2.24. The van der Waals surface area contributed by atoms with E-state index in [0.717, 1.165) is 28.9 Å². The predicted molar refractivity (Wildman–Crippen MR) is 173 cm³/mol. The highest BCUT2D eigenvalue weighted by Crippen LogP contribution is 2.32. The third kappa shape index (κ3) is 9.37. The topological polar surface area (TPSA) is 125 Å². The van der Waals surface area contributed by atoms with Crippen LogP contribution in [-0.2, 0) is 35.6 Å². The van der Waals surface area contributed by atoms with Crippen molar-refractivity contribution in [1.29, 1.82) is 0 Å². The van der Waals surface area contributed by atoms with Crippen LogP contribution in [0.3, 0.4) is 0 Å². The van der Waals surface area contributed by atoms with Gasteiger partial charge < -0.3 is 24.1 Å². The van der Waals surface area contributed by atoms with Gasteiger partial charge in [0.1, 0.15) is 41.8 Å². The first-order valence-electron chi connectivity index (χ1n) is 13.8. The maximum Gasteiger partial charge on any atom is 0.339 e. The normalized spacial score (nSPS) is 11.7. The lowest BCUT2D eigenvalue weighted by Gasteiger charge is -2.18. The van der Waals surface area contributed by atoms with Gasteiger partial charge in [-0.1, -0.05) is 60.3 Å². The van der Waals surface area contributed by atoms with E-state index in [2.05, 4.69) is 12.6 Å². The van der Waals surface area contributed by atoms with E-state index in [1.165, 1.54) is 11.8 Å². The number of thiol groups is 1. The van der Waals surface area contributed by atoms with Crippen molar-refractivity contribution in [3.8, 4) is 23.0 Å². The van der Waals surface area contributed by atoms with Gasteiger partial charge in [0.15, 0.2) is 0 Å². The van der Waals surface area contributed by atoms with Gasteiger partial charge in [-0.3, -0.25) is 14.4 Å². The fraction of sp³-hybridized carbons (Fsp3) is 0.176. The Kier molecular flexibility index (Phi) is 12.5. The molecule has 0 fully saturated rings. The highest BCUT2D eigenvalue weighted by Gasteiger charge is 2.22. The van der Waals surface area contributed by atoms with Crippen LogP contribution in [0.5, 0.6) is 23.0 Å². The summed E-state index contributed by atoms with van der Waals surface area (Å²) in [5.41, 5.74) is 4.38. The number of benzene rings is 4. The first-order valence-corrected chi connectivity index (χ1v) is 15.4. The van der Waals surface area contributed by atoms with Crippen LogP contribution in [0.4, 0.5) is 0 Å². The minimum absolute atomic E-state index is 0.0755. The average molecular weight is 647 g/mol. The van der Waals surface area contributed by atoms with Crippen LogP contribution in [0.15, 0.2) is 84.9 Å².